The van der Waals surface area contributed by atoms with Crippen molar-refractivity contribution in [3.8, 4) is 0 Å². The minimum absolute atomic E-state index is 0.0699. The number of β-amino-alcohol motifs (C(OH)–C–C–N with tert-alkyl or cyclic N) is 1. The Balaban J connectivity index is 1.88. The van der Waals surface area contributed by atoms with Crippen LogP contribution in [0.15, 0.2) is 28.7 Å². The number of ether oxygens (including phenoxy) is 2. The topological polar surface area (TPSA) is 41.9 Å². The second kappa shape index (κ2) is 8.10. The Kier molecular flexibility index (Phi) is 6.45. The van der Waals surface area contributed by atoms with Gasteiger partial charge in [-0.1, -0.05) is 28.1 Å². The van der Waals surface area contributed by atoms with Gasteiger partial charge in [0.05, 0.1) is 25.4 Å². The van der Waals surface area contributed by atoms with Crippen molar-refractivity contribution >= 4 is 15.9 Å². The Morgan fingerprint density at radius 2 is 2.40 bits per heavy atom. The number of nitrogens with zero attached hydrogens (tertiary/aromatic N) is 1. The van der Waals surface area contributed by atoms with Crippen LogP contribution < -0.4 is 0 Å². The molecule has 20 heavy (non-hydrogen) atoms. The first-order valence-electron chi connectivity index (χ1n) is 7.04. The van der Waals surface area contributed by atoms with Crippen LogP contribution in [-0.4, -0.2) is 55.6 Å². The second-order valence-corrected chi connectivity index (χ2v) is 5.90. The van der Waals surface area contributed by atoms with E-state index in [-0.39, 0.29) is 6.10 Å². The van der Waals surface area contributed by atoms with Gasteiger partial charge in [-0.05, 0) is 24.6 Å². The van der Waals surface area contributed by atoms with Crippen molar-refractivity contribution in [3.63, 3.8) is 0 Å². The van der Waals surface area contributed by atoms with E-state index >= 15 is 0 Å². The molecule has 112 valence electrons. The molecule has 1 aromatic carbocycles. The first kappa shape index (κ1) is 15.9. The summed E-state index contributed by atoms with van der Waals surface area (Å²) in [5.41, 5.74) is 1.17. The molecule has 0 amide bonds. The number of hydrogen-bond acceptors (Lipinski definition) is 4. The van der Waals surface area contributed by atoms with Crippen LogP contribution in [0, 0.1) is 0 Å². The van der Waals surface area contributed by atoms with Crippen LogP contribution in [0.25, 0.3) is 0 Å². The van der Waals surface area contributed by atoms with E-state index in [1.165, 1.54) is 5.56 Å². The molecule has 0 aliphatic carbocycles. The summed E-state index contributed by atoms with van der Waals surface area (Å²) >= 11 is 3.49. The smallest absolute Gasteiger partial charge is 0.0952 e. The fourth-order valence-electron chi connectivity index (χ4n) is 2.38. The molecule has 1 aliphatic heterocycles. The number of halogens is 1. The Morgan fingerprint density at radius 3 is 3.15 bits per heavy atom. The number of hydrogen-bond donors (Lipinski definition) is 1. The summed E-state index contributed by atoms with van der Waals surface area (Å²) in [6.45, 7) is 5.96. The SMILES string of the molecule is CCOC[C@@H](O)CN1CCO[C@H](c2cccc(Br)c2)C1. The second-order valence-electron chi connectivity index (χ2n) is 4.99. The van der Waals surface area contributed by atoms with Crippen molar-refractivity contribution in [1.82, 2.24) is 4.90 Å². The Hall–Kier alpha value is -0.460. The van der Waals surface area contributed by atoms with Crippen molar-refractivity contribution in [2.75, 3.05) is 39.5 Å². The van der Waals surface area contributed by atoms with Gasteiger partial charge in [0, 0.05) is 30.7 Å². The number of aliphatic hydroxyl groups excluding tert-OH is 1. The first-order valence-corrected chi connectivity index (χ1v) is 7.83. The van der Waals surface area contributed by atoms with Crippen molar-refractivity contribution in [2.45, 2.75) is 19.1 Å². The summed E-state index contributed by atoms with van der Waals surface area (Å²) < 4.78 is 12.1. The molecule has 1 aromatic rings. The molecule has 0 aromatic heterocycles. The van der Waals surface area contributed by atoms with Crippen LogP contribution in [0.3, 0.4) is 0 Å². The maximum absolute atomic E-state index is 9.92. The third kappa shape index (κ3) is 4.82. The molecular formula is C15H22BrNO3. The Bertz CT molecular complexity index is 416. The fourth-order valence-corrected chi connectivity index (χ4v) is 2.80. The summed E-state index contributed by atoms with van der Waals surface area (Å²) in [6, 6.07) is 8.20. The lowest BCUT2D eigenvalue weighted by Crippen LogP contribution is -2.43. The lowest BCUT2D eigenvalue weighted by atomic mass is 10.1. The molecule has 2 rings (SSSR count). The zero-order valence-corrected chi connectivity index (χ0v) is 13.4. The van der Waals surface area contributed by atoms with Gasteiger partial charge < -0.3 is 14.6 Å². The molecule has 0 bridgehead atoms. The molecule has 2 atom stereocenters. The third-order valence-corrected chi connectivity index (χ3v) is 3.85. The van der Waals surface area contributed by atoms with Crippen molar-refractivity contribution in [2.24, 2.45) is 0 Å². The van der Waals surface area contributed by atoms with E-state index in [1.54, 1.807) is 0 Å². The standard InChI is InChI=1S/C15H22BrNO3/c1-2-19-11-14(18)9-17-6-7-20-15(10-17)12-4-3-5-13(16)8-12/h3-5,8,14-15,18H,2,6-7,9-11H2,1H3/t14-,15-/m0/s1. The summed E-state index contributed by atoms with van der Waals surface area (Å²) in [5.74, 6) is 0. The summed E-state index contributed by atoms with van der Waals surface area (Å²) in [6.07, 6.45) is -0.364. The van der Waals surface area contributed by atoms with Crippen LogP contribution in [0.4, 0.5) is 0 Å². The summed E-state index contributed by atoms with van der Waals surface area (Å²) in [7, 11) is 0. The molecule has 4 nitrogen and oxygen atoms in total. The summed E-state index contributed by atoms with van der Waals surface area (Å²) in [5, 5.41) is 9.92. The zero-order chi connectivity index (χ0) is 14.4. The number of rotatable bonds is 6. The molecule has 0 saturated carbocycles. The Morgan fingerprint density at radius 1 is 1.55 bits per heavy atom. The number of aliphatic hydroxyl groups is 1. The normalized spacial score (nSPS) is 21.9. The predicted molar refractivity (Wildman–Crippen MR) is 81.8 cm³/mol. The fraction of sp³-hybridized carbons (Fsp3) is 0.600. The number of morpholine rings is 1. The molecule has 0 unspecified atom stereocenters. The van der Waals surface area contributed by atoms with Gasteiger partial charge in [0.1, 0.15) is 0 Å². The zero-order valence-electron chi connectivity index (χ0n) is 11.8. The lowest BCUT2D eigenvalue weighted by molar-refractivity contribution is -0.0517. The first-order chi connectivity index (χ1) is 9.69. The van der Waals surface area contributed by atoms with E-state index in [4.69, 9.17) is 9.47 Å². The van der Waals surface area contributed by atoms with Gasteiger partial charge in [0.2, 0.25) is 0 Å². The Labute approximate surface area is 128 Å². The molecule has 0 spiro atoms. The maximum Gasteiger partial charge on any atom is 0.0952 e. The van der Waals surface area contributed by atoms with E-state index in [9.17, 15) is 5.11 Å². The molecule has 1 N–H and O–H groups in total. The minimum Gasteiger partial charge on any atom is -0.389 e. The van der Waals surface area contributed by atoms with Gasteiger partial charge in [-0.25, -0.2) is 0 Å². The molecule has 0 radical (unpaired) electrons. The summed E-state index contributed by atoms with van der Waals surface area (Å²) in [4.78, 5) is 2.23. The van der Waals surface area contributed by atoms with Crippen molar-refractivity contribution < 1.29 is 14.6 Å². The highest BCUT2D eigenvalue weighted by Crippen LogP contribution is 2.24. The van der Waals surface area contributed by atoms with Crippen molar-refractivity contribution in [3.05, 3.63) is 34.3 Å². The molecule has 5 heteroatoms. The molecule has 1 fully saturated rings. The van der Waals surface area contributed by atoms with Gasteiger partial charge in [0.15, 0.2) is 0 Å². The van der Waals surface area contributed by atoms with Crippen LogP contribution in [0.2, 0.25) is 0 Å². The van der Waals surface area contributed by atoms with Gasteiger partial charge in [-0.15, -0.1) is 0 Å². The highest BCUT2D eigenvalue weighted by Gasteiger charge is 2.23. The molecule has 1 saturated heterocycles. The average Bonchev–Trinajstić information content (AvgIpc) is 2.45. The largest absolute Gasteiger partial charge is 0.389 e. The third-order valence-electron chi connectivity index (χ3n) is 3.35. The average molecular weight is 344 g/mol. The van der Waals surface area contributed by atoms with E-state index < -0.39 is 6.10 Å². The lowest BCUT2D eigenvalue weighted by Gasteiger charge is -2.34. The van der Waals surface area contributed by atoms with E-state index in [0.29, 0.717) is 26.4 Å². The highest BCUT2D eigenvalue weighted by molar-refractivity contribution is 9.10. The molecule has 1 aliphatic rings. The van der Waals surface area contributed by atoms with Crippen LogP contribution in [0.5, 0.6) is 0 Å². The van der Waals surface area contributed by atoms with Gasteiger partial charge >= 0.3 is 0 Å². The van der Waals surface area contributed by atoms with Crippen LogP contribution in [0.1, 0.15) is 18.6 Å². The monoisotopic (exact) mass is 343 g/mol. The van der Waals surface area contributed by atoms with E-state index in [0.717, 1.165) is 17.6 Å². The van der Waals surface area contributed by atoms with Crippen LogP contribution >= 0.6 is 15.9 Å². The number of benzene rings is 1. The van der Waals surface area contributed by atoms with E-state index in [2.05, 4.69) is 33.0 Å². The van der Waals surface area contributed by atoms with Crippen molar-refractivity contribution in [1.29, 1.82) is 0 Å². The maximum atomic E-state index is 9.92. The minimum atomic E-state index is -0.434. The highest BCUT2D eigenvalue weighted by atomic mass is 79.9. The quantitative estimate of drug-likeness (QED) is 0.859. The predicted octanol–water partition coefficient (Wildman–Crippen LogP) is 2.22. The van der Waals surface area contributed by atoms with Gasteiger partial charge in [0.25, 0.3) is 0 Å². The van der Waals surface area contributed by atoms with Gasteiger partial charge in [-0.3, -0.25) is 4.90 Å². The molecular weight excluding hydrogens is 322 g/mol. The van der Waals surface area contributed by atoms with Gasteiger partial charge in [-0.2, -0.15) is 0 Å². The van der Waals surface area contributed by atoms with E-state index in [1.807, 2.05) is 19.1 Å². The van der Waals surface area contributed by atoms with Crippen LogP contribution in [-0.2, 0) is 9.47 Å². The molecule has 1 heterocycles.